The Kier molecular flexibility index (Phi) is 7.08. The number of benzene rings is 2. The summed E-state index contributed by atoms with van der Waals surface area (Å²) in [6.07, 6.45) is 4.48. The normalized spacial score (nSPS) is 10.5. The number of rotatable bonds is 8. The second kappa shape index (κ2) is 10.3. The lowest BCUT2D eigenvalue weighted by Crippen LogP contribution is -2.15. The van der Waals surface area contributed by atoms with Crippen LogP contribution in [0.15, 0.2) is 78.0 Å². The first-order valence-electron chi connectivity index (χ1n) is 10.3. The molecule has 0 aliphatic heterocycles. The number of hydrogen-bond donors (Lipinski definition) is 1. The lowest BCUT2D eigenvalue weighted by Gasteiger charge is -2.13. The van der Waals surface area contributed by atoms with Crippen LogP contribution >= 0.6 is 23.3 Å². The van der Waals surface area contributed by atoms with Gasteiger partial charge in [-0.05, 0) is 72.0 Å². The Morgan fingerprint density at radius 3 is 2.67 bits per heavy atom. The van der Waals surface area contributed by atoms with Gasteiger partial charge in [0.25, 0.3) is 0 Å². The molecule has 2 aromatic carbocycles. The second-order valence-corrected chi connectivity index (χ2v) is 9.53. The lowest BCUT2D eigenvalue weighted by atomic mass is 10.0. The molecule has 0 saturated carbocycles. The molecule has 4 rings (SSSR count). The van der Waals surface area contributed by atoms with Crippen molar-refractivity contribution in [2.75, 3.05) is 11.8 Å². The number of nitriles is 1. The molecule has 2 heterocycles. The summed E-state index contributed by atoms with van der Waals surface area (Å²) in [4.78, 5) is 20.2. The van der Waals surface area contributed by atoms with Gasteiger partial charge in [-0.25, -0.2) is 0 Å². The van der Waals surface area contributed by atoms with Crippen LogP contribution in [-0.4, -0.2) is 23.3 Å². The molecule has 0 saturated heterocycles. The average Bonchev–Trinajstić information content (AvgIpc) is 3.35. The van der Waals surface area contributed by atoms with Gasteiger partial charge in [0.1, 0.15) is 6.07 Å². The summed E-state index contributed by atoms with van der Waals surface area (Å²) < 4.78 is 3.30. The summed E-state index contributed by atoms with van der Waals surface area (Å²) in [7, 11) is 1.79. The quantitative estimate of drug-likeness (QED) is 0.240. The third-order valence-corrected chi connectivity index (χ3v) is 7.25. The van der Waals surface area contributed by atoms with Crippen molar-refractivity contribution in [1.82, 2.24) is 9.88 Å². The number of hydrogen-bond acceptors (Lipinski definition) is 6. The van der Waals surface area contributed by atoms with Gasteiger partial charge in [0, 0.05) is 40.0 Å². The van der Waals surface area contributed by atoms with E-state index in [0.717, 1.165) is 43.4 Å². The molecule has 2 aromatic heterocycles. The number of pyridine rings is 1. The van der Waals surface area contributed by atoms with Crippen molar-refractivity contribution in [1.29, 1.82) is 5.26 Å². The highest BCUT2D eigenvalue weighted by Crippen LogP contribution is 2.36. The molecule has 0 fully saturated rings. The first-order chi connectivity index (χ1) is 16.1. The van der Waals surface area contributed by atoms with Gasteiger partial charge in [0.15, 0.2) is 0 Å². The fourth-order valence-corrected chi connectivity index (χ4v) is 5.03. The summed E-state index contributed by atoms with van der Waals surface area (Å²) in [5, 5.41) is 9.27. The standard InChI is InChI=1S/C26H22N4OS2/c1-18-7-8-19(11-22(18)16-30(2)17-31)24-9-10-25(32-24)21-12-23(15-28-14-21)29-33-26-6-4-3-5-20(26)13-27/h3-12,14-15,17,29H,16H2,1-2H3. The van der Waals surface area contributed by atoms with Crippen molar-refractivity contribution in [3.8, 4) is 27.0 Å². The highest BCUT2D eigenvalue weighted by atomic mass is 32.2. The van der Waals surface area contributed by atoms with E-state index in [-0.39, 0.29) is 0 Å². The molecule has 1 N–H and O–H groups in total. The summed E-state index contributed by atoms with van der Waals surface area (Å²) in [5.41, 5.74) is 5.98. The molecule has 7 heteroatoms. The molecular formula is C26H22N4OS2. The maximum absolute atomic E-state index is 11.0. The van der Waals surface area contributed by atoms with Gasteiger partial charge in [0.05, 0.1) is 17.4 Å². The number of carbonyl (C=O) groups excluding carboxylic acids is 1. The maximum atomic E-state index is 11.0. The molecular weight excluding hydrogens is 448 g/mol. The molecule has 164 valence electrons. The summed E-state index contributed by atoms with van der Waals surface area (Å²) >= 11 is 3.11. The fraction of sp³-hybridized carbons (Fsp3) is 0.115. The molecule has 4 aromatic rings. The highest BCUT2D eigenvalue weighted by molar-refractivity contribution is 8.00. The second-order valence-electron chi connectivity index (χ2n) is 7.60. The van der Waals surface area contributed by atoms with Crippen LogP contribution in [0.4, 0.5) is 5.69 Å². The predicted molar refractivity (Wildman–Crippen MR) is 136 cm³/mol. The summed E-state index contributed by atoms with van der Waals surface area (Å²) in [6.45, 7) is 2.65. The van der Waals surface area contributed by atoms with Gasteiger partial charge >= 0.3 is 0 Å². The van der Waals surface area contributed by atoms with E-state index in [4.69, 9.17) is 0 Å². The SMILES string of the molecule is Cc1ccc(-c2ccc(-c3cncc(NSc4ccccc4C#N)c3)s2)cc1CN(C)C=O. The van der Waals surface area contributed by atoms with Crippen molar-refractivity contribution in [3.05, 3.63) is 89.7 Å². The van der Waals surface area contributed by atoms with E-state index in [1.54, 1.807) is 35.5 Å². The monoisotopic (exact) mass is 470 g/mol. The summed E-state index contributed by atoms with van der Waals surface area (Å²) in [6, 6.07) is 22.4. The van der Waals surface area contributed by atoms with E-state index in [0.29, 0.717) is 12.1 Å². The Morgan fingerprint density at radius 2 is 1.88 bits per heavy atom. The molecule has 0 aliphatic carbocycles. The molecule has 0 bridgehead atoms. The third kappa shape index (κ3) is 5.43. The molecule has 0 unspecified atom stereocenters. The number of aryl methyl sites for hydroxylation is 1. The van der Waals surface area contributed by atoms with E-state index in [1.807, 2.05) is 24.4 Å². The number of carbonyl (C=O) groups is 1. The zero-order chi connectivity index (χ0) is 23.2. The maximum Gasteiger partial charge on any atom is 0.209 e. The van der Waals surface area contributed by atoms with E-state index < -0.39 is 0 Å². The van der Waals surface area contributed by atoms with Crippen molar-refractivity contribution in [2.45, 2.75) is 18.4 Å². The van der Waals surface area contributed by atoms with Crippen LogP contribution in [0.5, 0.6) is 0 Å². The fourth-order valence-electron chi connectivity index (χ4n) is 3.34. The Morgan fingerprint density at radius 1 is 1.09 bits per heavy atom. The van der Waals surface area contributed by atoms with Gasteiger partial charge in [-0.3, -0.25) is 9.78 Å². The molecule has 0 atom stereocenters. The van der Waals surface area contributed by atoms with E-state index in [2.05, 4.69) is 59.1 Å². The molecule has 33 heavy (non-hydrogen) atoms. The minimum absolute atomic E-state index is 0.589. The van der Waals surface area contributed by atoms with Crippen LogP contribution < -0.4 is 4.72 Å². The number of nitrogens with one attached hydrogen (secondary N) is 1. The predicted octanol–water partition coefficient (Wildman–Crippen LogP) is 6.36. The van der Waals surface area contributed by atoms with Crippen LogP contribution in [-0.2, 0) is 11.3 Å². The number of anilines is 1. The van der Waals surface area contributed by atoms with Crippen molar-refractivity contribution in [2.24, 2.45) is 0 Å². The lowest BCUT2D eigenvalue weighted by molar-refractivity contribution is -0.117. The van der Waals surface area contributed by atoms with Crippen LogP contribution in [0.3, 0.4) is 0 Å². The molecule has 5 nitrogen and oxygen atoms in total. The smallest absolute Gasteiger partial charge is 0.209 e. The van der Waals surface area contributed by atoms with E-state index in [1.165, 1.54) is 17.5 Å². The van der Waals surface area contributed by atoms with Gasteiger partial charge < -0.3 is 9.62 Å². The zero-order valence-corrected chi connectivity index (χ0v) is 19.9. The number of thiophene rings is 1. The van der Waals surface area contributed by atoms with Gasteiger partial charge in [-0.1, -0.05) is 24.3 Å². The molecule has 0 spiro atoms. The Hall–Kier alpha value is -3.60. The minimum Gasteiger partial charge on any atom is -0.344 e. The molecule has 1 amide bonds. The Balaban J connectivity index is 1.53. The van der Waals surface area contributed by atoms with Crippen molar-refractivity contribution < 1.29 is 4.79 Å². The number of nitrogens with zero attached hydrogens (tertiary/aromatic N) is 3. The molecule has 0 aliphatic rings. The van der Waals surface area contributed by atoms with Gasteiger partial charge in [0.2, 0.25) is 6.41 Å². The highest BCUT2D eigenvalue weighted by Gasteiger charge is 2.10. The molecule has 0 radical (unpaired) electrons. The minimum atomic E-state index is 0.589. The van der Waals surface area contributed by atoms with Crippen LogP contribution in [0.2, 0.25) is 0 Å². The van der Waals surface area contributed by atoms with Gasteiger partial charge in [-0.15, -0.1) is 11.3 Å². The first kappa shape index (κ1) is 22.6. The third-order valence-electron chi connectivity index (χ3n) is 5.15. The summed E-state index contributed by atoms with van der Waals surface area (Å²) in [5.74, 6) is 0. The number of amides is 1. The van der Waals surface area contributed by atoms with Crippen LogP contribution in [0.1, 0.15) is 16.7 Å². The largest absolute Gasteiger partial charge is 0.344 e. The number of aromatic nitrogens is 1. The van der Waals surface area contributed by atoms with E-state index in [9.17, 15) is 10.1 Å². The van der Waals surface area contributed by atoms with Crippen LogP contribution in [0, 0.1) is 18.3 Å². The van der Waals surface area contributed by atoms with E-state index >= 15 is 0 Å². The van der Waals surface area contributed by atoms with Gasteiger partial charge in [-0.2, -0.15) is 5.26 Å². The average molecular weight is 471 g/mol. The first-order valence-corrected chi connectivity index (χ1v) is 11.9. The Bertz CT molecular complexity index is 1330. The van der Waals surface area contributed by atoms with Crippen LogP contribution in [0.25, 0.3) is 20.9 Å². The zero-order valence-electron chi connectivity index (χ0n) is 18.3. The topological polar surface area (TPSA) is 69.0 Å². The Labute approximate surface area is 201 Å². The van der Waals surface area contributed by atoms with Crippen molar-refractivity contribution >= 4 is 35.4 Å². The van der Waals surface area contributed by atoms with Crippen molar-refractivity contribution in [3.63, 3.8) is 0 Å².